The molecule has 20 atom stereocenters. The van der Waals surface area contributed by atoms with E-state index in [2.05, 4.69) is 196 Å². The second-order valence-electron chi connectivity index (χ2n) is 43.3. The first kappa shape index (κ1) is 107. The van der Waals surface area contributed by atoms with E-state index in [0.29, 0.717) is 27.8 Å². The summed E-state index contributed by atoms with van der Waals surface area (Å²) in [6.45, 7) is 51.4. The Morgan fingerprint density at radius 2 is 0.687 bits per heavy atom. The van der Waals surface area contributed by atoms with E-state index in [4.69, 9.17) is 83.7 Å². The third kappa shape index (κ3) is 28.3. The fraction of sp³-hybridized carbons (Fsp3) is 0.590. The van der Waals surface area contributed by atoms with Crippen LogP contribution in [0.2, 0.25) is 90.7 Å². The van der Waals surface area contributed by atoms with Gasteiger partial charge in [0.2, 0.25) is 0 Å². The van der Waals surface area contributed by atoms with Gasteiger partial charge in [-0.05, 0) is 125 Å². The Kier molecular flexibility index (Phi) is 35.8. The van der Waals surface area contributed by atoms with E-state index in [1.807, 2.05) is 170 Å². The molecule has 1 aliphatic carbocycles. The maximum absolute atomic E-state index is 15.4. The Morgan fingerprint density at radius 3 is 1.10 bits per heavy atom. The molecule has 4 aliphatic heterocycles. The standard InChI is InChI=1S/C100H149N5O24Si5/c1-96(2,3)130(16,17)118-64-75-81(124-88-77(105-95(111)117-62-69-52-40-30-41-53-69)84(128-133(22,23)99(10,11)12)82(126-131(18,19)97(4,5)6)73(119-88)57-101-91(107)113-58-65-44-32-26-33-45-65)86(129-134(24,25)100(13,14)15)90(121-75)125-85-78(106)71(102-92(108)114-59-66-46-34-27-35-47-66)56-72(103-93(109)115-60-67-48-36-28-37-49-67)79(85)122-89-76(104-94(110)116-61-68-50-38-29-39-51-68)83(127-132(20,21)98(7,8)9)80-74(120-89)63-112-87(123-80)70-54-42-31-43-55-70/h26-55,71-90,106H,56-64H2,1-25H3,(H,101,107)(H,102,108)(H,103,109)(H,104,110)(H,105,111)/t71-,72+,73+,74-,75-,76-,77-,78+,79-,80-,81-,82+,83-,84-,85?,86-,87?,88-,89-,90+/m1/s1. The monoisotopic (exact) mass is 1940 g/mol. The van der Waals surface area contributed by atoms with Gasteiger partial charge >= 0.3 is 30.5 Å². The number of aliphatic hydroxyl groups is 1. The molecule has 0 aromatic heterocycles. The number of hydrogen-bond acceptors (Lipinski definition) is 24. The molecule has 6 aromatic rings. The van der Waals surface area contributed by atoms with Crippen LogP contribution in [0.5, 0.6) is 0 Å². The second-order valence-corrected chi connectivity index (χ2v) is 67.1. The SMILES string of the molecule is CC(C)(C)[Si](C)(C)OC[C@H]1O[C@@H](OC2[C@@H](O)[C@H](NC(=O)OCc3ccccc3)C[C@H](NC(=O)OCc3ccccc3)[C@H]2O[C@H]2O[C@@H]3COC(c4ccccc4)O[C@H]3[C@H](O[Si](C)(C)C(C)(C)C)[C@H]2NC(=O)OCc2ccccc2)[C@H](O[Si](C)(C)C(C)(C)C)[C@@H]1O[C@H]1O[C@@H](CNC(=O)OCc2ccccc2)[C@H](O[Si](C)(C)C(C)(C)C)[C@H](O[Si](C)(C)C(C)(C)C)[C@H]1NC(=O)OCc1ccccc1. The molecule has 0 bridgehead atoms. The molecule has 738 valence electrons. The van der Waals surface area contributed by atoms with Crippen LogP contribution >= 0.6 is 0 Å². The number of carbonyl (C=O) groups excluding carboxylic acids is 5. The molecule has 34 heteroatoms. The van der Waals surface area contributed by atoms with Gasteiger partial charge in [0.1, 0.15) is 106 Å². The molecule has 5 aliphatic rings. The number of aliphatic hydroxyl groups excluding tert-OH is 1. The van der Waals surface area contributed by atoms with E-state index in [0.717, 1.165) is 5.56 Å². The first-order valence-electron chi connectivity index (χ1n) is 46.9. The molecule has 1 saturated carbocycles. The highest BCUT2D eigenvalue weighted by Crippen LogP contribution is 2.49. The number of nitrogens with one attached hydrogen (secondary N) is 5. The summed E-state index contributed by atoms with van der Waals surface area (Å²) in [5.41, 5.74) is 4.22. The molecule has 4 saturated heterocycles. The van der Waals surface area contributed by atoms with E-state index in [9.17, 15) is 14.7 Å². The maximum atomic E-state index is 15.4. The minimum atomic E-state index is -3.28. The Labute approximate surface area is 798 Å². The zero-order valence-electron chi connectivity index (χ0n) is 83.1. The molecule has 0 radical (unpaired) electrons. The van der Waals surface area contributed by atoms with Crippen molar-refractivity contribution in [3.05, 3.63) is 215 Å². The molecule has 0 spiro atoms. The second kappa shape index (κ2) is 45.0. The van der Waals surface area contributed by atoms with Gasteiger partial charge in [-0.1, -0.05) is 286 Å². The van der Waals surface area contributed by atoms with Crippen LogP contribution in [0.3, 0.4) is 0 Å². The molecular formula is C100H149N5O24Si5. The summed E-state index contributed by atoms with van der Waals surface area (Å²) in [6.07, 6.45) is -26.3. The van der Waals surface area contributed by atoms with Crippen LogP contribution in [0.15, 0.2) is 182 Å². The zero-order valence-corrected chi connectivity index (χ0v) is 88.1. The fourth-order valence-corrected chi connectivity index (χ4v) is 21.3. The highest BCUT2D eigenvalue weighted by Gasteiger charge is 2.63. The lowest BCUT2D eigenvalue weighted by Crippen LogP contribution is -2.72. The lowest BCUT2D eigenvalue weighted by Gasteiger charge is -2.54. The Hall–Kier alpha value is -7.81. The largest absolute Gasteiger partial charge is 0.445 e. The summed E-state index contributed by atoms with van der Waals surface area (Å²) in [6, 6.07) is 50.0. The quantitative estimate of drug-likeness (QED) is 0.0161. The Balaban J connectivity index is 1.11. The van der Waals surface area contributed by atoms with E-state index in [-0.39, 0.29) is 59.2 Å². The lowest BCUT2D eigenvalue weighted by molar-refractivity contribution is -0.356. The Morgan fingerprint density at radius 1 is 0.351 bits per heavy atom. The van der Waals surface area contributed by atoms with Crippen LogP contribution in [-0.2, 0) is 117 Å². The minimum Gasteiger partial charge on any atom is -0.445 e. The van der Waals surface area contributed by atoms with E-state index in [1.54, 1.807) is 12.1 Å². The van der Waals surface area contributed by atoms with Crippen molar-refractivity contribution >= 4 is 72.1 Å². The van der Waals surface area contributed by atoms with Gasteiger partial charge in [0.15, 0.2) is 66.7 Å². The van der Waals surface area contributed by atoms with Gasteiger partial charge in [0, 0.05) is 12.1 Å². The molecular weight excluding hydrogens is 1800 g/mol. The molecule has 29 nitrogen and oxygen atoms in total. The van der Waals surface area contributed by atoms with Crippen LogP contribution in [0.25, 0.3) is 0 Å². The average molecular weight is 1950 g/mol. The van der Waals surface area contributed by atoms with Gasteiger partial charge in [-0.3, -0.25) is 0 Å². The van der Waals surface area contributed by atoms with Crippen molar-refractivity contribution in [3.63, 3.8) is 0 Å². The average Bonchev–Trinajstić information content (AvgIpc) is 0.762. The van der Waals surface area contributed by atoms with Crippen LogP contribution < -0.4 is 26.6 Å². The van der Waals surface area contributed by atoms with Crippen LogP contribution in [-0.4, -0.2) is 213 Å². The highest BCUT2D eigenvalue weighted by molar-refractivity contribution is 6.76. The predicted molar refractivity (Wildman–Crippen MR) is 521 cm³/mol. The van der Waals surface area contributed by atoms with Crippen molar-refractivity contribution in [2.75, 3.05) is 19.8 Å². The molecule has 11 rings (SSSR count). The van der Waals surface area contributed by atoms with Crippen molar-refractivity contribution in [3.8, 4) is 0 Å². The van der Waals surface area contributed by atoms with Crippen LogP contribution in [0.4, 0.5) is 24.0 Å². The third-order valence-corrected chi connectivity index (χ3v) is 50.6. The van der Waals surface area contributed by atoms with Crippen molar-refractivity contribution < 1.29 is 113 Å². The molecule has 6 N–H and O–H groups in total. The van der Waals surface area contributed by atoms with E-state index in [1.165, 1.54) is 0 Å². The molecule has 4 heterocycles. The highest BCUT2D eigenvalue weighted by atomic mass is 28.4. The van der Waals surface area contributed by atoms with Crippen molar-refractivity contribution in [2.24, 2.45) is 0 Å². The number of alkyl carbamates (subject to hydrolysis) is 5. The fourth-order valence-electron chi connectivity index (χ4n) is 15.1. The first-order valence-corrected chi connectivity index (χ1v) is 61.4. The van der Waals surface area contributed by atoms with E-state index >= 15 is 14.4 Å². The van der Waals surface area contributed by atoms with Crippen LogP contribution in [0.1, 0.15) is 150 Å². The zero-order chi connectivity index (χ0) is 97.7. The van der Waals surface area contributed by atoms with E-state index < -0.39 is 220 Å². The van der Waals surface area contributed by atoms with Gasteiger partial charge in [-0.2, -0.15) is 0 Å². The van der Waals surface area contributed by atoms with Crippen molar-refractivity contribution in [1.82, 2.24) is 26.6 Å². The van der Waals surface area contributed by atoms with Gasteiger partial charge in [0.25, 0.3) is 0 Å². The molecule has 6 aromatic carbocycles. The summed E-state index contributed by atoms with van der Waals surface area (Å²) in [4.78, 5) is 75.0. The van der Waals surface area contributed by atoms with Gasteiger partial charge in [0.05, 0.1) is 37.5 Å². The number of carbonyl (C=O) groups is 5. The normalized spacial score (nSPS) is 26.8. The number of ether oxygens (including phenoxy) is 13. The summed E-state index contributed by atoms with van der Waals surface area (Å²) in [5, 5.41) is 27.2. The molecule has 134 heavy (non-hydrogen) atoms. The number of rotatable bonds is 34. The van der Waals surface area contributed by atoms with Crippen molar-refractivity contribution in [2.45, 2.75) is 357 Å². The number of hydrogen-bond donors (Lipinski definition) is 6. The number of fused-ring (bicyclic) bond motifs is 1. The van der Waals surface area contributed by atoms with Crippen LogP contribution in [0, 0.1) is 0 Å². The summed E-state index contributed by atoms with van der Waals surface area (Å²) < 4.78 is 128. The van der Waals surface area contributed by atoms with Gasteiger partial charge in [-0.25, -0.2) is 24.0 Å². The summed E-state index contributed by atoms with van der Waals surface area (Å²) >= 11 is 0. The number of amides is 5. The molecule has 2 unspecified atom stereocenters. The van der Waals surface area contributed by atoms with Gasteiger partial charge in [-0.15, -0.1) is 0 Å². The number of benzene rings is 6. The van der Waals surface area contributed by atoms with Gasteiger partial charge < -0.3 is 115 Å². The molecule has 5 fully saturated rings. The topological polar surface area (TPSA) is 332 Å². The predicted octanol–water partition coefficient (Wildman–Crippen LogP) is 18.9. The first-order chi connectivity index (χ1) is 62.8. The summed E-state index contributed by atoms with van der Waals surface area (Å²) in [5.74, 6) is 0. The lowest BCUT2D eigenvalue weighted by atomic mass is 9.83. The maximum Gasteiger partial charge on any atom is 0.407 e. The third-order valence-electron chi connectivity index (χ3n) is 28.2. The van der Waals surface area contributed by atoms with Crippen molar-refractivity contribution in [1.29, 1.82) is 0 Å². The minimum absolute atomic E-state index is 0.0464. The smallest absolute Gasteiger partial charge is 0.407 e. The summed E-state index contributed by atoms with van der Waals surface area (Å²) in [7, 11) is -15.2. The molecule has 5 amide bonds. The Bertz CT molecular complexity index is 4720.